The van der Waals surface area contributed by atoms with Crippen LogP contribution >= 0.6 is 11.6 Å². The van der Waals surface area contributed by atoms with Gasteiger partial charge in [0, 0.05) is 25.7 Å². The molecule has 0 bridgehead atoms. The highest BCUT2D eigenvalue weighted by atomic mass is 35.5. The molecule has 0 aromatic heterocycles. The van der Waals surface area contributed by atoms with Gasteiger partial charge in [0.05, 0.1) is 10.7 Å². The van der Waals surface area contributed by atoms with Crippen LogP contribution in [0, 0.1) is 5.92 Å². The highest BCUT2D eigenvalue weighted by Gasteiger charge is 2.17. The summed E-state index contributed by atoms with van der Waals surface area (Å²) >= 11 is 6.45. The molecular formula is C17H29ClN2. The molecule has 1 atom stereocenters. The third-order valence-corrected chi connectivity index (χ3v) is 3.90. The number of para-hydroxylation sites is 1. The summed E-state index contributed by atoms with van der Waals surface area (Å²) in [5.74, 6) is 0.687. The number of benzene rings is 1. The van der Waals surface area contributed by atoms with Gasteiger partial charge in [0.1, 0.15) is 0 Å². The molecule has 3 heteroatoms. The molecule has 0 fully saturated rings. The van der Waals surface area contributed by atoms with Gasteiger partial charge >= 0.3 is 0 Å². The topological polar surface area (TPSA) is 15.3 Å². The Bertz CT molecular complexity index is 415. The molecule has 2 nitrogen and oxygen atoms in total. The third-order valence-electron chi connectivity index (χ3n) is 3.60. The van der Waals surface area contributed by atoms with Gasteiger partial charge in [-0.3, -0.25) is 0 Å². The first-order chi connectivity index (χ1) is 9.32. The maximum atomic E-state index is 6.45. The van der Waals surface area contributed by atoms with E-state index in [0.29, 0.717) is 18.0 Å². The lowest BCUT2D eigenvalue weighted by molar-refractivity contribution is 0.502. The second-order valence-electron chi connectivity index (χ2n) is 6.37. The molecule has 1 N–H and O–H groups in total. The van der Waals surface area contributed by atoms with E-state index in [-0.39, 0.29) is 0 Å². The van der Waals surface area contributed by atoms with E-state index in [2.05, 4.69) is 57.9 Å². The molecule has 1 aromatic rings. The van der Waals surface area contributed by atoms with Gasteiger partial charge in [0.25, 0.3) is 0 Å². The monoisotopic (exact) mass is 296 g/mol. The summed E-state index contributed by atoms with van der Waals surface area (Å²) in [6.07, 6.45) is 1.17. The van der Waals surface area contributed by atoms with Crippen LogP contribution in [0.3, 0.4) is 0 Å². The van der Waals surface area contributed by atoms with E-state index in [0.717, 1.165) is 17.3 Å². The zero-order valence-electron chi connectivity index (χ0n) is 13.7. The Morgan fingerprint density at radius 1 is 1.15 bits per heavy atom. The zero-order chi connectivity index (χ0) is 15.3. The standard InChI is InChI=1S/C17H29ClN2/c1-12(2)10-14(5)20(6)17-15(11-19-13(3)4)8-7-9-16(17)18/h7-9,12-14,19H,10-11H2,1-6H3. The van der Waals surface area contributed by atoms with Gasteiger partial charge < -0.3 is 10.2 Å². The molecular weight excluding hydrogens is 268 g/mol. The highest BCUT2D eigenvalue weighted by Crippen LogP contribution is 2.31. The summed E-state index contributed by atoms with van der Waals surface area (Å²) in [6.45, 7) is 12.0. The van der Waals surface area contributed by atoms with Gasteiger partial charge in [-0.2, -0.15) is 0 Å². The van der Waals surface area contributed by atoms with Crippen LogP contribution in [-0.4, -0.2) is 19.1 Å². The summed E-state index contributed by atoms with van der Waals surface area (Å²) in [5.41, 5.74) is 2.43. The first-order valence-corrected chi connectivity index (χ1v) is 7.94. The van der Waals surface area contributed by atoms with E-state index >= 15 is 0 Å². The molecule has 0 aliphatic carbocycles. The second-order valence-corrected chi connectivity index (χ2v) is 6.78. The number of hydrogen-bond donors (Lipinski definition) is 1. The number of nitrogens with one attached hydrogen (secondary N) is 1. The lowest BCUT2D eigenvalue weighted by atomic mass is 10.0. The maximum Gasteiger partial charge on any atom is 0.0642 e. The fourth-order valence-corrected chi connectivity index (χ4v) is 2.80. The normalized spacial score (nSPS) is 13.1. The van der Waals surface area contributed by atoms with Crippen molar-refractivity contribution in [3.8, 4) is 0 Å². The Morgan fingerprint density at radius 2 is 1.80 bits per heavy atom. The predicted molar refractivity (Wildman–Crippen MR) is 90.7 cm³/mol. The van der Waals surface area contributed by atoms with Crippen molar-refractivity contribution in [3.05, 3.63) is 28.8 Å². The second kappa shape index (κ2) is 7.90. The Labute approximate surface area is 129 Å². The van der Waals surface area contributed by atoms with Gasteiger partial charge in [-0.25, -0.2) is 0 Å². The first-order valence-electron chi connectivity index (χ1n) is 7.56. The average molecular weight is 297 g/mol. The van der Waals surface area contributed by atoms with Crippen molar-refractivity contribution >= 4 is 17.3 Å². The molecule has 1 aromatic carbocycles. The quantitative estimate of drug-likeness (QED) is 0.784. The SMILES string of the molecule is CC(C)CC(C)N(C)c1c(Cl)cccc1CNC(C)C. The molecule has 0 aliphatic rings. The smallest absolute Gasteiger partial charge is 0.0642 e. The molecule has 20 heavy (non-hydrogen) atoms. The molecule has 114 valence electrons. The van der Waals surface area contributed by atoms with Crippen molar-refractivity contribution in [2.75, 3.05) is 11.9 Å². The number of rotatable bonds is 7. The van der Waals surface area contributed by atoms with E-state index < -0.39 is 0 Å². The van der Waals surface area contributed by atoms with Gasteiger partial charge in [-0.1, -0.05) is 51.4 Å². The van der Waals surface area contributed by atoms with Gasteiger partial charge in [-0.15, -0.1) is 0 Å². The van der Waals surface area contributed by atoms with E-state index in [1.54, 1.807) is 0 Å². The minimum atomic E-state index is 0.472. The van der Waals surface area contributed by atoms with Crippen LogP contribution in [0.5, 0.6) is 0 Å². The molecule has 1 unspecified atom stereocenters. The zero-order valence-corrected chi connectivity index (χ0v) is 14.5. The summed E-state index contributed by atoms with van der Waals surface area (Å²) in [5, 5.41) is 4.32. The Kier molecular flexibility index (Phi) is 6.84. The van der Waals surface area contributed by atoms with Crippen LogP contribution in [0.4, 0.5) is 5.69 Å². The fourth-order valence-electron chi connectivity index (χ4n) is 2.47. The average Bonchev–Trinajstić information content (AvgIpc) is 2.34. The molecule has 0 aliphatic heterocycles. The van der Waals surface area contributed by atoms with E-state index in [1.165, 1.54) is 12.0 Å². The van der Waals surface area contributed by atoms with Gasteiger partial charge in [0.2, 0.25) is 0 Å². The van der Waals surface area contributed by atoms with Crippen molar-refractivity contribution in [3.63, 3.8) is 0 Å². The lowest BCUT2D eigenvalue weighted by Crippen LogP contribution is -2.32. The minimum Gasteiger partial charge on any atom is -0.370 e. The summed E-state index contributed by atoms with van der Waals surface area (Å²) in [4.78, 5) is 2.32. The lowest BCUT2D eigenvalue weighted by Gasteiger charge is -2.31. The van der Waals surface area contributed by atoms with Crippen molar-refractivity contribution < 1.29 is 0 Å². The number of halogens is 1. The van der Waals surface area contributed by atoms with Crippen molar-refractivity contribution in [2.45, 2.75) is 59.7 Å². The summed E-state index contributed by atoms with van der Waals surface area (Å²) < 4.78 is 0. The van der Waals surface area contributed by atoms with Crippen LogP contribution in [0.1, 0.15) is 46.6 Å². The molecule has 0 saturated carbocycles. The van der Waals surface area contributed by atoms with Crippen LogP contribution in [-0.2, 0) is 6.54 Å². The van der Waals surface area contributed by atoms with E-state index in [4.69, 9.17) is 11.6 Å². The summed E-state index contributed by atoms with van der Waals surface area (Å²) in [7, 11) is 2.15. The summed E-state index contributed by atoms with van der Waals surface area (Å²) in [6, 6.07) is 7.13. The van der Waals surface area contributed by atoms with Crippen LogP contribution in [0.2, 0.25) is 5.02 Å². The van der Waals surface area contributed by atoms with E-state index in [9.17, 15) is 0 Å². The largest absolute Gasteiger partial charge is 0.370 e. The Balaban J connectivity index is 2.96. The van der Waals surface area contributed by atoms with Crippen LogP contribution in [0.25, 0.3) is 0 Å². The minimum absolute atomic E-state index is 0.472. The third kappa shape index (κ3) is 4.99. The maximum absolute atomic E-state index is 6.45. The molecule has 0 amide bonds. The molecule has 0 saturated heterocycles. The van der Waals surface area contributed by atoms with E-state index in [1.807, 2.05) is 12.1 Å². The fraction of sp³-hybridized carbons (Fsp3) is 0.647. The Morgan fingerprint density at radius 3 is 2.35 bits per heavy atom. The number of hydrogen-bond acceptors (Lipinski definition) is 2. The highest BCUT2D eigenvalue weighted by molar-refractivity contribution is 6.33. The van der Waals surface area contributed by atoms with Crippen LogP contribution < -0.4 is 10.2 Å². The molecule has 0 spiro atoms. The molecule has 1 rings (SSSR count). The van der Waals surface area contributed by atoms with Gasteiger partial charge in [0.15, 0.2) is 0 Å². The first kappa shape index (κ1) is 17.3. The predicted octanol–water partition coefficient (Wildman–Crippen LogP) is 4.71. The number of nitrogens with zero attached hydrogens (tertiary/aromatic N) is 1. The van der Waals surface area contributed by atoms with Crippen molar-refractivity contribution in [2.24, 2.45) is 5.92 Å². The molecule has 0 heterocycles. The van der Waals surface area contributed by atoms with Crippen molar-refractivity contribution in [1.29, 1.82) is 0 Å². The number of anilines is 1. The van der Waals surface area contributed by atoms with Crippen LogP contribution in [0.15, 0.2) is 18.2 Å². The Hall–Kier alpha value is -0.730. The van der Waals surface area contributed by atoms with Crippen molar-refractivity contribution in [1.82, 2.24) is 5.32 Å². The molecule has 0 radical (unpaired) electrons. The van der Waals surface area contributed by atoms with Gasteiger partial charge in [-0.05, 0) is 30.9 Å².